The zero-order chi connectivity index (χ0) is 45.1. The Morgan fingerprint density at radius 1 is 0.889 bits per heavy atom. The van der Waals surface area contributed by atoms with Crippen LogP contribution in [0.1, 0.15) is 115 Å². The van der Waals surface area contributed by atoms with Gasteiger partial charge in [-0.15, -0.1) is 11.3 Å². The Morgan fingerprint density at radius 3 is 2.25 bits per heavy atom. The number of thiazole rings is 1. The number of ketones is 1. The van der Waals surface area contributed by atoms with Crippen molar-refractivity contribution in [3.63, 3.8) is 0 Å². The predicted octanol–water partition coefficient (Wildman–Crippen LogP) is 8.57. The van der Waals surface area contributed by atoms with Crippen LogP contribution in [0.2, 0.25) is 0 Å². The van der Waals surface area contributed by atoms with Crippen molar-refractivity contribution in [2.24, 2.45) is 29.6 Å². The monoisotopic (exact) mass is 895 g/mol. The lowest BCUT2D eigenvalue weighted by Gasteiger charge is -2.40. The molecule has 1 aromatic heterocycles. The maximum atomic E-state index is 15.2. The molecule has 12 nitrogen and oxygen atoms in total. The third-order valence-corrected chi connectivity index (χ3v) is 16.2. The number of aromatic nitrogens is 1. The average molecular weight is 895 g/mol. The van der Waals surface area contributed by atoms with E-state index in [4.69, 9.17) is 42.9 Å². The summed E-state index contributed by atoms with van der Waals surface area (Å²) in [5, 5.41) is 0.947. The Morgan fingerprint density at radius 2 is 1.62 bits per heavy atom. The zero-order valence-corrected chi connectivity index (χ0v) is 40.3. The summed E-state index contributed by atoms with van der Waals surface area (Å²) in [5.41, 5.74) is 2.76. The molecule has 0 radical (unpaired) electrons. The van der Waals surface area contributed by atoms with E-state index in [2.05, 4.69) is 64.9 Å². The van der Waals surface area contributed by atoms with Crippen LogP contribution in [0.25, 0.3) is 10.6 Å². The molecular formula is C50H74N2O10S. The molecular weight excluding hydrogens is 821 g/mol. The number of rotatable bonds is 15. The molecule has 3 heterocycles. The fourth-order valence-corrected chi connectivity index (χ4v) is 13.1. The first kappa shape index (κ1) is 48.3. The van der Waals surface area contributed by atoms with Crippen LogP contribution in [0.3, 0.4) is 0 Å². The van der Waals surface area contributed by atoms with Crippen LogP contribution in [0.15, 0.2) is 42.0 Å². The summed E-state index contributed by atoms with van der Waals surface area (Å²) in [6.45, 7) is 10.4. The molecule has 1 saturated carbocycles. The summed E-state index contributed by atoms with van der Waals surface area (Å²) in [6, 6.07) is 10.6. The van der Waals surface area contributed by atoms with E-state index in [9.17, 15) is 4.79 Å². The van der Waals surface area contributed by atoms with E-state index in [-0.39, 0.29) is 90.5 Å². The molecule has 0 bridgehead atoms. The van der Waals surface area contributed by atoms with Gasteiger partial charge in [-0.1, -0.05) is 64.1 Å². The molecule has 2 saturated heterocycles. The first-order valence-electron chi connectivity index (χ1n) is 23.6. The predicted molar refractivity (Wildman–Crippen MR) is 242 cm³/mol. The number of cyclic esters (lactones) is 1. The van der Waals surface area contributed by atoms with Crippen molar-refractivity contribution in [1.82, 2.24) is 9.88 Å². The van der Waals surface area contributed by atoms with Gasteiger partial charge >= 0.3 is 5.97 Å². The summed E-state index contributed by atoms with van der Waals surface area (Å²) in [6.07, 6.45) is 5.41. The largest absolute Gasteiger partial charge is 0.462 e. The highest BCUT2D eigenvalue weighted by Gasteiger charge is 2.56. The Labute approximate surface area is 380 Å². The van der Waals surface area contributed by atoms with Crippen LogP contribution in [-0.2, 0) is 47.5 Å². The highest BCUT2D eigenvalue weighted by molar-refractivity contribution is 7.15. The Kier molecular flexibility index (Phi) is 16.4. The van der Waals surface area contributed by atoms with Crippen molar-refractivity contribution in [3.05, 3.63) is 52.6 Å². The SMILES string of the molecule is CC[C@H]1CCC[C@H](O[C@H]2CC[C@H](N(C)C)C(C)O2)[C@@H](C)C(=O)C2=C[C@@H]3C(c4nc(-c5ccccc5)sc4[C@@H]4C[C@@H](OC(OC)C(OC)C(OC)C(OC)C(C)C)C[C@@H]34)[C@@H]2CC(=O)O1. The van der Waals surface area contributed by atoms with E-state index in [0.717, 1.165) is 61.2 Å². The van der Waals surface area contributed by atoms with Gasteiger partial charge in [-0.2, -0.15) is 0 Å². The number of likely N-dealkylation sites (N-methyl/N-ethyl adjacent to an activating group) is 1. The van der Waals surface area contributed by atoms with Gasteiger partial charge in [-0.3, -0.25) is 9.59 Å². The minimum Gasteiger partial charge on any atom is -0.462 e. The highest BCUT2D eigenvalue weighted by atomic mass is 32.1. The standard InChI is InChI=1S/C50H74N2O10S/c1-12-31-19-16-20-39(62-41-22-21-38(52(6)7)29(5)59-41)28(4)44(54)36-25-34-33-23-32(61-50(58-11)47(57-10)46(56-9)45(55-8)27(2)3)24-37(33)48-43(42(34)35(36)26-40(53)60-31)51-49(63-48)30-17-14-13-15-18-30/h13-15,17-18,25,27-29,31-35,37-39,41-42,45-47,50H,12,16,19-24,26H2,1-11H3/t28-,29?,31+,32+,33+,34+,35-,37-,38+,39+,41+,42?,45?,46?,47?,50?/m1/s1. The Balaban J connectivity index is 1.24. The Hall–Kier alpha value is -2.59. The van der Waals surface area contributed by atoms with Gasteiger partial charge in [0.15, 0.2) is 18.4 Å². The van der Waals surface area contributed by atoms with E-state index in [1.54, 1.807) is 39.8 Å². The molecule has 13 heteroatoms. The maximum Gasteiger partial charge on any atom is 0.306 e. The number of nitrogens with zero attached hydrogens (tertiary/aromatic N) is 2. The molecule has 3 fully saturated rings. The van der Waals surface area contributed by atoms with Crippen molar-refractivity contribution in [3.8, 4) is 10.6 Å². The number of Topliss-reactive ketones (excluding diaryl/α,β-unsaturated/α-hetero) is 1. The maximum absolute atomic E-state index is 15.2. The van der Waals surface area contributed by atoms with Gasteiger partial charge in [-0.05, 0) is 95.7 Å². The number of fused-ring (bicyclic) bond motifs is 8. The number of benzene rings is 1. The smallest absolute Gasteiger partial charge is 0.306 e. The first-order valence-corrected chi connectivity index (χ1v) is 24.4. The molecule has 0 N–H and O–H groups in total. The molecule has 63 heavy (non-hydrogen) atoms. The number of hydrogen-bond acceptors (Lipinski definition) is 13. The Bertz CT molecular complexity index is 1850. The summed E-state index contributed by atoms with van der Waals surface area (Å²) >= 11 is 1.74. The lowest BCUT2D eigenvalue weighted by Crippen LogP contribution is -2.51. The van der Waals surface area contributed by atoms with Crippen LogP contribution < -0.4 is 0 Å². The second-order valence-electron chi connectivity index (χ2n) is 19.3. The van der Waals surface area contributed by atoms with E-state index in [1.165, 1.54) is 4.88 Å². The molecule has 2 aliphatic heterocycles. The molecule has 0 spiro atoms. The number of carbonyl (C=O) groups excluding carboxylic acids is 2. The van der Waals surface area contributed by atoms with Gasteiger partial charge in [0.1, 0.15) is 23.3 Å². The minimum atomic E-state index is -0.722. The number of carbonyl (C=O) groups is 2. The van der Waals surface area contributed by atoms with Crippen LogP contribution in [0.4, 0.5) is 0 Å². The molecule has 1 aromatic carbocycles. The lowest BCUT2D eigenvalue weighted by atomic mass is 9.67. The molecule has 6 unspecified atom stereocenters. The lowest BCUT2D eigenvalue weighted by molar-refractivity contribution is -0.246. The van der Waals surface area contributed by atoms with Gasteiger partial charge in [0, 0.05) is 68.6 Å². The molecule has 3 aliphatic carbocycles. The van der Waals surface area contributed by atoms with E-state index < -0.39 is 24.4 Å². The van der Waals surface area contributed by atoms with E-state index in [1.807, 2.05) is 25.1 Å². The van der Waals surface area contributed by atoms with Crippen molar-refractivity contribution in [1.29, 1.82) is 0 Å². The van der Waals surface area contributed by atoms with Crippen LogP contribution in [0, 0.1) is 29.6 Å². The van der Waals surface area contributed by atoms with Crippen molar-refractivity contribution < 1.29 is 47.5 Å². The van der Waals surface area contributed by atoms with Crippen molar-refractivity contribution >= 4 is 23.1 Å². The second kappa shape index (κ2) is 21.4. The molecule has 350 valence electrons. The van der Waals surface area contributed by atoms with E-state index in [0.29, 0.717) is 18.0 Å². The fourth-order valence-electron chi connectivity index (χ4n) is 11.8. The first-order chi connectivity index (χ1) is 30.3. The third kappa shape index (κ3) is 10.2. The van der Waals surface area contributed by atoms with Gasteiger partial charge in [-0.25, -0.2) is 4.98 Å². The minimum absolute atomic E-state index is 0.00783. The molecule has 16 atom stereocenters. The average Bonchev–Trinajstić information content (AvgIpc) is 4.00. The van der Waals surface area contributed by atoms with Crippen LogP contribution in [0.5, 0.6) is 0 Å². The molecule has 0 amide bonds. The zero-order valence-electron chi connectivity index (χ0n) is 39.5. The van der Waals surface area contributed by atoms with Gasteiger partial charge in [0.05, 0.1) is 36.5 Å². The molecule has 2 aromatic rings. The van der Waals surface area contributed by atoms with Crippen LogP contribution in [-0.4, -0.2) is 126 Å². The number of allylic oxidation sites excluding steroid dienone is 2. The van der Waals surface area contributed by atoms with Crippen molar-refractivity contribution in [2.75, 3.05) is 42.5 Å². The van der Waals surface area contributed by atoms with Crippen molar-refractivity contribution in [2.45, 2.75) is 166 Å². The highest BCUT2D eigenvalue weighted by Crippen LogP contribution is 2.63. The fraction of sp³-hybridized carbons (Fsp3) is 0.740. The summed E-state index contributed by atoms with van der Waals surface area (Å²) < 4.78 is 50.5. The third-order valence-electron chi connectivity index (χ3n) is 15.0. The van der Waals surface area contributed by atoms with Crippen LogP contribution >= 0.6 is 11.3 Å². The number of ether oxygens (including phenoxy) is 8. The summed E-state index contributed by atoms with van der Waals surface area (Å²) in [7, 11) is 10.8. The number of esters is 1. The second-order valence-corrected chi connectivity index (χ2v) is 20.3. The molecule has 7 rings (SSSR count). The van der Waals surface area contributed by atoms with Gasteiger partial charge in [0.2, 0.25) is 0 Å². The van der Waals surface area contributed by atoms with E-state index >= 15 is 4.79 Å². The topological polar surface area (TPSA) is 124 Å². The van der Waals surface area contributed by atoms with Gasteiger partial charge < -0.3 is 42.8 Å². The quantitative estimate of drug-likeness (QED) is 0.126. The number of hydrogen-bond donors (Lipinski definition) is 0. The summed E-state index contributed by atoms with van der Waals surface area (Å²) in [5.74, 6) is -0.795. The van der Waals surface area contributed by atoms with Gasteiger partial charge in [0.25, 0.3) is 0 Å². The molecule has 5 aliphatic rings. The normalized spacial score (nSPS) is 34.5. The number of methoxy groups -OCH3 is 4. The summed E-state index contributed by atoms with van der Waals surface area (Å²) in [4.78, 5) is 38.2.